The van der Waals surface area contributed by atoms with Crippen molar-refractivity contribution in [2.45, 2.75) is 13.8 Å². The minimum absolute atomic E-state index is 0.0471. The first-order valence-electron chi connectivity index (χ1n) is 6.19. The van der Waals surface area contributed by atoms with Crippen molar-refractivity contribution in [3.05, 3.63) is 35.6 Å². The third kappa shape index (κ3) is 4.12. The van der Waals surface area contributed by atoms with Crippen LogP contribution in [0.3, 0.4) is 0 Å². The molecule has 0 aliphatic heterocycles. The number of nitrogens with zero attached hydrogens (tertiary/aromatic N) is 1. The number of carbonyl (C=O) groups excluding carboxylic acids is 1. The van der Waals surface area contributed by atoms with Crippen LogP contribution in [0, 0.1) is 5.92 Å². The molecule has 108 valence electrons. The summed E-state index contributed by atoms with van der Waals surface area (Å²) in [5.74, 6) is -0.133. The molecule has 0 radical (unpaired) electrons. The van der Waals surface area contributed by atoms with Crippen LogP contribution in [0.5, 0.6) is 5.75 Å². The van der Waals surface area contributed by atoms with Gasteiger partial charge in [-0.15, -0.1) is 0 Å². The second kappa shape index (κ2) is 7.33. The lowest BCUT2D eigenvalue weighted by Gasteiger charge is -2.07. The van der Waals surface area contributed by atoms with Gasteiger partial charge in [-0.3, -0.25) is 4.99 Å². The first-order chi connectivity index (χ1) is 9.49. The Hall–Kier alpha value is -2.30. The Labute approximate surface area is 118 Å². The van der Waals surface area contributed by atoms with E-state index in [4.69, 9.17) is 4.74 Å². The van der Waals surface area contributed by atoms with E-state index >= 15 is 0 Å². The lowest BCUT2D eigenvalue weighted by atomic mass is 10.1. The number of aliphatic hydroxyl groups is 1. The number of aliphatic imine (C=N–C) groups is 1. The van der Waals surface area contributed by atoms with E-state index in [1.165, 1.54) is 13.3 Å². The Kier molecular flexibility index (Phi) is 5.77. The average Bonchev–Trinajstić information content (AvgIpc) is 2.47. The molecule has 1 aromatic carbocycles. The number of methoxy groups -OCH3 is 2. The molecule has 0 atom stereocenters. The van der Waals surface area contributed by atoms with Crippen LogP contribution in [0.25, 0.3) is 0 Å². The standard InChI is InChI=1S/C15H19NO4/c1-10(2)14(17)13(15(18)20-4)9-16-11-5-7-12(19-3)8-6-11/h5-10,17H,1-4H3/b14-13+,16-9?. The summed E-state index contributed by atoms with van der Waals surface area (Å²) in [5.41, 5.74) is 0.696. The fourth-order valence-electron chi connectivity index (χ4n) is 1.45. The monoisotopic (exact) mass is 277 g/mol. The van der Waals surface area contributed by atoms with Crippen LogP contribution < -0.4 is 4.74 Å². The zero-order chi connectivity index (χ0) is 15.1. The van der Waals surface area contributed by atoms with Gasteiger partial charge in [0, 0.05) is 12.1 Å². The average molecular weight is 277 g/mol. The Morgan fingerprint density at radius 1 is 1.25 bits per heavy atom. The summed E-state index contributed by atoms with van der Waals surface area (Å²) in [5, 5.41) is 9.92. The maximum Gasteiger partial charge on any atom is 0.342 e. The van der Waals surface area contributed by atoms with E-state index in [9.17, 15) is 9.90 Å². The number of rotatable bonds is 5. The summed E-state index contributed by atoms with van der Waals surface area (Å²) in [6.07, 6.45) is 1.31. The van der Waals surface area contributed by atoms with Crippen molar-refractivity contribution in [3.8, 4) is 5.75 Å². The van der Waals surface area contributed by atoms with Gasteiger partial charge >= 0.3 is 5.97 Å². The molecule has 0 aromatic heterocycles. The number of hydrogen-bond acceptors (Lipinski definition) is 5. The fraction of sp³-hybridized carbons (Fsp3) is 0.333. The second-order valence-corrected chi connectivity index (χ2v) is 4.40. The number of allylic oxidation sites excluding steroid dienone is 1. The Balaban J connectivity index is 3.03. The normalized spacial score (nSPS) is 12.4. The van der Waals surface area contributed by atoms with Gasteiger partial charge in [0.15, 0.2) is 0 Å². The highest BCUT2D eigenvalue weighted by Gasteiger charge is 2.16. The smallest absolute Gasteiger partial charge is 0.342 e. The number of esters is 1. The summed E-state index contributed by atoms with van der Waals surface area (Å²) in [7, 11) is 2.84. The maximum absolute atomic E-state index is 11.6. The lowest BCUT2D eigenvalue weighted by Crippen LogP contribution is -2.11. The zero-order valence-corrected chi connectivity index (χ0v) is 12.1. The van der Waals surface area contributed by atoms with Gasteiger partial charge in [-0.2, -0.15) is 0 Å². The maximum atomic E-state index is 11.6. The SMILES string of the molecule is COC(=O)/C(C=Nc1ccc(OC)cc1)=C(/O)C(C)C. The minimum Gasteiger partial charge on any atom is -0.511 e. The summed E-state index contributed by atoms with van der Waals surface area (Å²) >= 11 is 0. The third-order valence-electron chi connectivity index (χ3n) is 2.64. The molecular weight excluding hydrogens is 258 g/mol. The fourth-order valence-corrected chi connectivity index (χ4v) is 1.45. The summed E-state index contributed by atoms with van der Waals surface area (Å²) in [6.45, 7) is 3.55. The predicted octanol–water partition coefficient (Wildman–Crippen LogP) is 3.04. The van der Waals surface area contributed by atoms with Crippen LogP contribution >= 0.6 is 0 Å². The molecule has 5 heteroatoms. The largest absolute Gasteiger partial charge is 0.511 e. The van der Waals surface area contributed by atoms with Crippen molar-refractivity contribution in [2.75, 3.05) is 14.2 Å². The highest BCUT2D eigenvalue weighted by molar-refractivity contribution is 6.10. The van der Waals surface area contributed by atoms with Gasteiger partial charge in [0.2, 0.25) is 0 Å². The van der Waals surface area contributed by atoms with Gasteiger partial charge in [-0.1, -0.05) is 13.8 Å². The number of benzene rings is 1. The number of aliphatic hydroxyl groups excluding tert-OH is 1. The van der Waals surface area contributed by atoms with Crippen molar-refractivity contribution >= 4 is 17.9 Å². The van der Waals surface area contributed by atoms with Gasteiger partial charge in [0.1, 0.15) is 17.1 Å². The first kappa shape index (κ1) is 15.8. The number of carbonyl (C=O) groups is 1. The van der Waals surface area contributed by atoms with Crippen molar-refractivity contribution in [3.63, 3.8) is 0 Å². The van der Waals surface area contributed by atoms with Crippen molar-refractivity contribution in [1.29, 1.82) is 0 Å². The Morgan fingerprint density at radius 2 is 1.85 bits per heavy atom. The van der Waals surface area contributed by atoms with Crippen LogP contribution in [0.4, 0.5) is 5.69 Å². The van der Waals surface area contributed by atoms with Gasteiger partial charge in [0.25, 0.3) is 0 Å². The first-order valence-corrected chi connectivity index (χ1v) is 6.19. The van der Waals surface area contributed by atoms with E-state index in [0.717, 1.165) is 5.75 Å². The van der Waals surface area contributed by atoms with E-state index in [0.29, 0.717) is 5.69 Å². The summed E-state index contributed by atoms with van der Waals surface area (Å²) < 4.78 is 9.69. The van der Waals surface area contributed by atoms with Gasteiger partial charge in [-0.05, 0) is 24.3 Å². The molecule has 0 aliphatic carbocycles. The van der Waals surface area contributed by atoms with Gasteiger partial charge in [0.05, 0.1) is 19.9 Å². The second-order valence-electron chi connectivity index (χ2n) is 4.40. The molecule has 1 rings (SSSR count). The molecule has 0 heterocycles. The predicted molar refractivity (Wildman–Crippen MR) is 77.7 cm³/mol. The van der Waals surface area contributed by atoms with Crippen LogP contribution in [0.1, 0.15) is 13.8 Å². The quantitative estimate of drug-likeness (QED) is 0.389. The van der Waals surface area contributed by atoms with E-state index in [1.807, 2.05) is 0 Å². The molecular formula is C15H19NO4. The van der Waals surface area contributed by atoms with E-state index < -0.39 is 5.97 Å². The molecule has 5 nitrogen and oxygen atoms in total. The lowest BCUT2D eigenvalue weighted by molar-refractivity contribution is -0.135. The van der Waals surface area contributed by atoms with Crippen LogP contribution in [0.15, 0.2) is 40.6 Å². The van der Waals surface area contributed by atoms with Crippen LogP contribution in [-0.2, 0) is 9.53 Å². The third-order valence-corrected chi connectivity index (χ3v) is 2.64. The van der Waals surface area contributed by atoms with Crippen molar-refractivity contribution in [1.82, 2.24) is 0 Å². The molecule has 1 aromatic rings. The number of ether oxygens (including phenoxy) is 2. The zero-order valence-electron chi connectivity index (χ0n) is 12.1. The minimum atomic E-state index is -0.617. The topological polar surface area (TPSA) is 68.1 Å². The van der Waals surface area contributed by atoms with E-state index in [-0.39, 0.29) is 17.3 Å². The molecule has 0 saturated carbocycles. The van der Waals surface area contributed by atoms with E-state index in [1.54, 1.807) is 45.2 Å². The molecule has 20 heavy (non-hydrogen) atoms. The molecule has 0 bridgehead atoms. The molecule has 0 aliphatic rings. The van der Waals surface area contributed by atoms with Gasteiger partial charge < -0.3 is 14.6 Å². The Morgan fingerprint density at radius 3 is 2.30 bits per heavy atom. The highest BCUT2D eigenvalue weighted by atomic mass is 16.5. The molecule has 0 spiro atoms. The van der Waals surface area contributed by atoms with Crippen LogP contribution in [-0.4, -0.2) is 31.5 Å². The van der Waals surface area contributed by atoms with Crippen molar-refractivity contribution in [2.24, 2.45) is 10.9 Å². The van der Waals surface area contributed by atoms with E-state index in [2.05, 4.69) is 9.73 Å². The molecule has 0 fully saturated rings. The molecule has 0 unspecified atom stereocenters. The number of hydrogen-bond donors (Lipinski definition) is 1. The molecule has 1 N–H and O–H groups in total. The summed E-state index contributed by atoms with van der Waals surface area (Å²) in [6, 6.07) is 7.01. The van der Waals surface area contributed by atoms with Crippen LogP contribution in [0.2, 0.25) is 0 Å². The molecule has 0 amide bonds. The highest BCUT2D eigenvalue weighted by Crippen LogP contribution is 2.18. The van der Waals surface area contributed by atoms with Gasteiger partial charge in [-0.25, -0.2) is 4.79 Å². The molecule has 0 saturated heterocycles. The summed E-state index contributed by atoms with van der Waals surface area (Å²) in [4.78, 5) is 15.8. The van der Waals surface area contributed by atoms with Crippen molar-refractivity contribution < 1.29 is 19.4 Å². The Bertz CT molecular complexity index is 515.